The first-order chi connectivity index (χ1) is 10.9. The summed E-state index contributed by atoms with van der Waals surface area (Å²) in [6, 6.07) is -0.251. The first-order valence-electron chi connectivity index (χ1n) is 9.06. The van der Waals surface area contributed by atoms with Crippen molar-refractivity contribution in [3.05, 3.63) is 0 Å². The van der Waals surface area contributed by atoms with Gasteiger partial charge in [0.1, 0.15) is 5.54 Å². The number of ether oxygens (including phenoxy) is 1. The smallest absolute Gasteiger partial charge is 0.325 e. The molecular weight excluding hydrogens is 292 g/mol. The molecule has 23 heavy (non-hydrogen) atoms. The van der Waals surface area contributed by atoms with E-state index in [4.69, 9.17) is 4.74 Å². The van der Waals surface area contributed by atoms with Gasteiger partial charge in [-0.25, -0.2) is 4.79 Å². The molecule has 128 valence electrons. The Morgan fingerprint density at radius 2 is 1.70 bits per heavy atom. The maximum Gasteiger partial charge on any atom is 0.325 e. The topological polar surface area (TPSA) is 58.6 Å². The first kappa shape index (κ1) is 15.4. The predicted octanol–water partition coefficient (Wildman–Crippen LogP) is 2.55. The summed E-state index contributed by atoms with van der Waals surface area (Å²) in [6.07, 6.45) is 9.21. The summed E-state index contributed by atoms with van der Waals surface area (Å²) in [4.78, 5) is 26.3. The lowest BCUT2D eigenvalue weighted by molar-refractivity contribution is -0.133. The molecule has 1 heterocycles. The van der Waals surface area contributed by atoms with Crippen molar-refractivity contribution >= 4 is 11.9 Å². The van der Waals surface area contributed by atoms with E-state index in [1.54, 1.807) is 14.0 Å². The van der Waals surface area contributed by atoms with E-state index in [-0.39, 0.29) is 18.5 Å². The first-order valence-corrected chi connectivity index (χ1v) is 9.06. The zero-order chi connectivity index (χ0) is 16.2. The fraction of sp³-hybridized carbons (Fsp3) is 0.889. The van der Waals surface area contributed by atoms with E-state index < -0.39 is 5.54 Å². The highest BCUT2D eigenvalue weighted by molar-refractivity contribution is 6.06. The molecule has 1 saturated heterocycles. The van der Waals surface area contributed by atoms with E-state index in [1.165, 1.54) is 43.4 Å². The third-order valence-corrected chi connectivity index (χ3v) is 6.81. The van der Waals surface area contributed by atoms with Gasteiger partial charge in [0.25, 0.3) is 5.91 Å². The molecule has 5 rings (SSSR count). The van der Waals surface area contributed by atoms with Crippen LogP contribution in [0.15, 0.2) is 0 Å². The molecule has 1 N–H and O–H groups in total. The number of nitrogens with zero attached hydrogens (tertiary/aromatic N) is 1. The Labute approximate surface area is 138 Å². The van der Waals surface area contributed by atoms with Crippen LogP contribution >= 0.6 is 0 Å². The van der Waals surface area contributed by atoms with Crippen LogP contribution in [0.5, 0.6) is 0 Å². The zero-order valence-corrected chi connectivity index (χ0v) is 14.3. The highest BCUT2D eigenvalue weighted by Gasteiger charge is 2.52. The Kier molecular flexibility index (Phi) is 3.49. The number of nitrogens with one attached hydrogen (secondary N) is 1. The second-order valence-corrected chi connectivity index (χ2v) is 8.82. The van der Waals surface area contributed by atoms with Gasteiger partial charge in [-0.2, -0.15) is 0 Å². The van der Waals surface area contributed by atoms with Crippen molar-refractivity contribution in [2.45, 2.75) is 57.4 Å². The molecule has 1 unspecified atom stereocenters. The molecule has 4 bridgehead atoms. The fourth-order valence-corrected chi connectivity index (χ4v) is 6.28. The van der Waals surface area contributed by atoms with Crippen LogP contribution in [0.2, 0.25) is 0 Å². The highest BCUT2D eigenvalue weighted by Crippen LogP contribution is 2.61. The Bertz CT molecular complexity index is 497. The molecule has 1 aliphatic heterocycles. The maximum atomic E-state index is 12.6. The van der Waals surface area contributed by atoms with Crippen molar-refractivity contribution < 1.29 is 14.3 Å². The number of urea groups is 1. The third-order valence-electron chi connectivity index (χ3n) is 6.81. The molecule has 5 aliphatic rings. The highest BCUT2D eigenvalue weighted by atomic mass is 16.5. The van der Waals surface area contributed by atoms with Gasteiger partial charge in [-0.3, -0.25) is 9.69 Å². The van der Waals surface area contributed by atoms with Gasteiger partial charge in [0.15, 0.2) is 0 Å². The van der Waals surface area contributed by atoms with Crippen molar-refractivity contribution in [2.75, 3.05) is 20.3 Å². The quantitative estimate of drug-likeness (QED) is 0.792. The van der Waals surface area contributed by atoms with Crippen LogP contribution in [-0.4, -0.2) is 42.6 Å². The fourth-order valence-electron chi connectivity index (χ4n) is 6.28. The van der Waals surface area contributed by atoms with E-state index in [2.05, 4.69) is 5.32 Å². The normalized spacial score (nSPS) is 45.0. The number of methoxy groups -OCH3 is 1. The van der Waals surface area contributed by atoms with Crippen LogP contribution in [0.4, 0.5) is 4.79 Å². The molecule has 4 saturated carbocycles. The monoisotopic (exact) mass is 320 g/mol. The molecule has 0 aromatic heterocycles. The van der Waals surface area contributed by atoms with Gasteiger partial charge in [-0.05, 0) is 75.0 Å². The average molecular weight is 320 g/mol. The van der Waals surface area contributed by atoms with Gasteiger partial charge >= 0.3 is 6.03 Å². The SMILES string of the molecule is COCC1(C)NC(=O)N(CCC23CC4CC(CC(C4)C2)C3)C1=O. The standard InChI is InChI=1S/C18H28N2O3/c1-17(11-23-2)15(21)20(16(22)19-17)4-3-18-8-12-5-13(9-18)7-14(6-12)10-18/h12-14H,3-11H2,1-2H3,(H,19,22). The second kappa shape index (κ2) is 5.20. The molecule has 0 aromatic rings. The second-order valence-electron chi connectivity index (χ2n) is 8.82. The predicted molar refractivity (Wildman–Crippen MR) is 85.7 cm³/mol. The number of imide groups is 1. The van der Waals surface area contributed by atoms with E-state index >= 15 is 0 Å². The van der Waals surface area contributed by atoms with E-state index in [9.17, 15) is 9.59 Å². The Morgan fingerprint density at radius 3 is 2.22 bits per heavy atom. The summed E-state index contributed by atoms with van der Waals surface area (Å²) in [5.41, 5.74) is -0.497. The van der Waals surface area contributed by atoms with Crippen molar-refractivity contribution in [1.82, 2.24) is 10.2 Å². The van der Waals surface area contributed by atoms with Crippen molar-refractivity contribution in [1.29, 1.82) is 0 Å². The summed E-state index contributed by atoms with van der Waals surface area (Å²) >= 11 is 0. The lowest BCUT2D eigenvalue weighted by Crippen LogP contribution is -2.49. The molecule has 0 radical (unpaired) electrons. The van der Waals surface area contributed by atoms with Crippen LogP contribution in [0.1, 0.15) is 51.9 Å². The molecule has 3 amide bonds. The molecule has 5 fully saturated rings. The summed E-state index contributed by atoms with van der Waals surface area (Å²) in [5.74, 6) is 2.59. The van der Waals surface area contributed by atoms with Gasteiger partial charge < -0.3 is 10.1 Å². The third kappa shape index (κ3) is 2.48. The van der Waals surface area contributed by atoms with Crippen LogP contribution in [-0.2, 0) is 9.53 Å². The van der Waals surface area contributed by atoms with Gasteiger partial charge in [0, 0.05) is 13.7 Å². The molecule has 4 aliphatic carbocycles. The maximum absolute atomic E-state index is 12.6. The number of carbonyl (C=O) groups is 2. The van der Waals surface area contributed by atoms with Crippen molar-refractivity contribution in [3.8, 4) is 0 Å². The molecule has 5 heteroatoms. The lowest BCUT2D eigenvalue weighted by Gasteiger charge is -2.57. The summed E-state index contributed by atoms with van der Waals surface area (Å²) in [5, 5.41) is 2.80. The van der Waals surface area contributed by atoms with Crippen LogP contribution in [0.25, 0.3) is 0 Å². The van der Waals surface area contributed by atoms with Gasteiger partial charge in [-0.15, -0.1) is 0 Å². The van der Waals surface area contributed by atoms with E-state index in [0.717, 1.165) is 24.2 Å². The number of hydrogen-bond acceptors (Lipinski definition) is 3. The van der Waals surface area contributed by atoms with Gasteiger partial charge in [0.2, 0.25) is 0 Å². The van der Waals surface area contributed by atoms with E-state index in [1.807, 2.05) is 0 Å². The number of amides is 3. The minimum absolute atomic E-state index is 0.130. The summed E-state index contributed by atoms with van der Waals surface area (Å²) in [7, 11) is 1.56. The average Bonchev–Trinajstić information content (AvgIpc) is 2.66. The molecule has 0 spiro atoms. The Hall–Kier alpha value is -1.10. The summed E-state index contributed by atoms with van der Waals surface area (Å²) in [6.45, 7) is 2.54. The van der Waals surface area contributed by atoms with Crippen LogP contribution in [0, 0.1) is 23.2 Å². The van der Waals surface area contributed by atoms with Crippen LogP contribution in [0.3, 0.4) is 0 Å². The molecule has 0 aromatic carbocycles. The largest absolute Gasteiger partial charge is 0.382 e. The van der Waals surface area contributed by atoms with Gasteiger partial charge in [0.05, 0.1) is 6.61 Å². The minimum atomic E-state index is -0.896. The minimum Gasteiger partial charge on any atom is -0.382 e. The molecule has 1 atom stereocenters. The van der Waals surface area contributed by atoms with Crippen LogP contribution < -0.4 is 5.32 Å². The van der Waals surface area contributed by atoms with Gasteiger partial charge in [-0.1, -0.05) is 0 Å². The van der Waals surface area contributed by atoms with Crippen molar-refractivity contribution in [2.24, 2.45) is 23.2 Å². The zero-order valence-electron chi connectivity index (χ0n) is 14.3. The lowest BCUT2D eigenvalue weighted by atomic mass is 9.49. The summed E-state index contributed by atoms with van der Waals surface area (Å²) < 4.78 is 5.11. The number of hydrogen-bond donors (Lipinski definition) is 1. The molecule has 5 nitrogen and oxygen atoms in total. The Morgan fingerprint density at radius 1 is 1.13 bits per heavy atom. The van der Waals surface area contributed by atoms with Crippen molar-refractivity contribution in [3.63, 3.8) is 0 Å². The van der Waals surface area contributed by atoms with E-state index in [0.29, 0.717) is 12.0 Å². The number of carbonyl (C=O) groups excluding carboxylic acids is 2. The number of rotatable bonds is 5. The molecular formula is C18H28N2O3. The Balaban J connectivity index is 1.43.